The second kappa shape index (κ2) is 6.22. The predicted octanol–water partition coefficient (Wildman–Crippen LogP) is 2.22. The molecule has 3 aromatic heterocycles. The van der Waals surface area contributed by atoms with Crippen LogP contribution in [0.2, 0.25) is 0 Å². The zero-order chi connectivity index (χ0) is 19.3. The maximum atomic E-state index is 12.4. The molecule has 0 radical (unpaired) electrons. The lowest BCUT2D eigenvalue weighted by molar-refractivity contribution is 0.131. The third-order valence-corrected chi connectivity index (χ3v) is 5.38. The fraction of sp³-hybridized carbons (Fsp3) is 0.263. The van der Waals surface area contributed by atoms with Crippen LogP contribution in [0.3, 0.4) is 0 Å². The Morgan fingerprint density at radius 2 is 2.04 bits per heavy atom. The summed E-state index contributed by atoms with van der Waals surface area (Å²) in [5.74, 6) is 0.0721. The molecule has 1 saturated heterocycles. The Hall–Kier alpha value is -3.62. The number of likely N-dealkylation sites (tertiary alicyclic amines) is 1. The molecule has 9 nitrogen and oxygen atoms in total. The van der Waals surface area contributed by atoms with Crippen molar-refractivity contribution in [3.8, 4) is 5.69 Å². The van der Waals surface area contributed by atoms with E-state index in [2.05, 4.69) is 10.1 Å². The molecule has 1 aliphatic rings. The minimum Gasteiger partial charge on any atom is -0.465 e. The first-order valence-electron chi connectivity index (χ1n) is 9.14. The highest BCUT2D eigenvalue weighted by molar-refractivity contribution is 5.98. The normalized spacial score (nSPS) is 15.5. The summed E-state index contributed by atoms with van der Waals surface area (Å²) in [5.41, 5.74) is 2.85. The van der Waals surface area contributed by atoms with Gasteiger partial charge in [-0.25, -0.2) is 14.0 Å². The van der Waals surface area contributed by atoms with Crippen molar-refractivity contribution in [2.24, 2.45) is 0 Å². The molecule has 2 N–H and O–H groups in total. The number of H-pyrrole nitrogens is 1. The van der Waals surface area contributed by atoms with Gasteiger partial charge in [0.2, 0.25) is 0 Å². The van der Waals surface area contributed by atoms with Crippen molar-refractivity contribution in [1.82, 2.24) is 29.3 Å². The van der Waals surface area contributed by atoms with E-state index in [0.717, 1.165) is 22.3 Å². The zero-order valence-corrected chi connectivity index (χ0v) is 14.9. The highest BCUT2D eigenvalue weighted by Gasteiger charge is 2.26. The van der Waals surface area contributed by atoms with E-state index in [0.29, 0.717) is 31.6 Å². The summed E-state index contributed by atoms with van der Waals surface area (Å²) >= 11 is 0. The Bertz CT molecular complexity index is 1230. The van der Waals surface area contributed by atoms with Gasteiger partial charge in [-0.3, -0.25) is 4.79 Å². The number of nitrogens with zero attached hydrogens (tertiary/aromatic N) is 5. The molecule has 0 saturated carbocycles. The summed E-state index contributed by atoms with van der Waals surface area (Å²) < 4.78 is 3.54. The molecular formula is C19H18N6O3. The van der Waals surface area contributed by atoms with Gasteiger partial charge in [0.05, 0.1) is 22.3 Å². The Morgan fingerprint density at radius 1 is 1.21 bits per heavy atom. The summed E-state index contributed by atoms with van der Waals surface area (Å²) in [6.45, 7) is 0.904. The highest BCUT2D eigenvalue weighted by Crippen LogP contribution is 2.30. The lowest BCUT2D eigenvalue weighted by atomic mass is 9.93. The van der Waals surface area contributed by atoms with Crippen LogP contribution in [-0.2, 0) is 0 Å². The van der Waals surface area contributed by atoms with E-state index in [1.807, 2.05) is 30.5 Å². The molecule has 5 rings (SSSR count). The number of rotatable bonds is 2. The smallest absolute Gasteiger partial charge is 0.407 e. The second-order valence-corrected chi connectivity index (χ2v) is 6.98. The van der Waals surface area contributed by atoms with Gasteiger partial charge in [0, 0.05) is 37.5 Å². The molecule has 9 heteroatoms. The Morgan fingerprint density at radius 3 is 2.75 bits per heavy atom. The average molecular weight is 378 g/mol. The third kappa shape index (κ3) is 2.55. The van der Waals surface area contributed by atoms with Gasteiger partial charge in [-0.05, 0) is 31.0 Å². The third-order valence-electron chi connectivity index (χ3n) is 5.38. The molecule has 0 aliphatic carbocycles. The molecule has 0 atom stereocenters. The van der Waals surface area contributed by atoms with Crippen LogP contribution in [0.25, 0.3) is 22.2 Å². The number of nitrogens with one attached hydrogen (secondary N) is 1. The molecule has 0 unspecified atom stereocenters. The van der Waals surface area contributed by atoms with E-state index < -0.39 is 6.09 Å². The van der Waals surface area contributed by atoms with Crippen molar-refractivity contribution in [3.05, 3.63) is 58.8 Å². The van der Waals surface area contributed by atoms with Gasteiger partial charge in [-0.15, -0.1) is 0 Å². The fourth-order valence-corrected chi connectivity index (χ4v) is 4.03. The number of aromatic nitrogens is 5. The first-order chi connectivity index (χ1) is 13.6. The number of carbonyl (C=O) groups is 1. The Labute approximate surface area is 158 Å². The maximum absolute atomic E-state index is 12.4. The van der Waals surface area contributed by atoms with Crippen LogP contribution >= 0.6 is 0 Å². The van der Waals surface area contributed by atoms with Gasteiger partial charge in [-0.2, -0.15) is 10.2 Å². The molecule has 1 aliphatic heterocycles. The summed E-state index contributed by atoms with van der Waals surface area (Å²) in [7, 11) is 0. The molecule has 28 heavy (non-hydrogen) atoms. The first kappa shape index (κ1) is 16.5. The van der Waals surface area contributed by atoms with Crippen LogP contribution in [0, 0.1) is 0 Å². The topological polar surface area (TPSA) is 109 Å². The monoisotopic (exact) mass is 378 g/mol. The number of aromatic amines is 1. The van der Waals surface area contributed by atoms with E-state index in [-0.39, 0.29) is 11.5 Å². The van der Waals surface area contributed by atoms with Crippen molar-refractivity contribution in [3.63, 3.8) is 0 Å². The van der Waals surface area contributed by atoms with E-state index in [1.54, 1.807) is 21.5 Å². The molecule has 142 valence electrons. The van der Waals surface area contributed by atoms with Crippen LogP contribution in [0.5, 0.6) is 0 Å². The van der Waals surface area contributed by atoms with Crippen LogP contribution < -0.4 is 5.56 Å². The minimum absolute atomic E-state index is 0.0721. The number of amides is 1. The summed E-state index contributed by atoms with van der Waals surface area (Å²) in [6.07, 6.45) is 3.97. The van der Waals surface area contributed by atoms with Gasteiger partial charge in [0.1, 0.15) is 5.65 Å². The standard InChI is InChI=1S/C19H18N6O3/c26-16-11-15(12-5-9-23(10-6-12)19(27)28)25-18(21-16)17-13(22-25)3-1-4-14(17)24-8-2-7-20-24/h1-4,7-8,11-12H,5-6,9-10H2,(H,21,26)(H,27,28). The van der Waals surface area contributed by atoms with Gasteiger partial charge in [0.15, 0.2) is 0 Å². The molecule has 0 spiro atoms. The maximum Gasteiger partial charge on any atom is 0.407 e. The molecule has 1 aromatic carbocycles. The Kier molecular flexibility index (Phi) is 3.68. The molecule has 4 aromatic rings. The fourth-order valence-electron chi connectivity index (χ4n) is 4.03. The van der Waals surface area contributed by atoms with Gasteiger partial charge < -0.3 is 15.0 Å². The lowest BCUT2D eigenvalue weighted by Gasteiger charge is -2.30. The summed E-state index contributed by atoms with van der Waals surface area (Å²) in [6, 6.07) is 9.18. The predicted molar refractivity (Wildman–Crippen MR) is 102 cm³/mol. The number of piperidine rings is 1. The summed E-state index contributed by atoms with van der Waals surface area (Å²) in [4.78, 5) is 27.9. The highest BCUT2D eigenvalue weighted by atomic mass is 16.4. The zero-order valence-electron chi connectivity index (χ0n) is 14.9. The number of benzene rings is 1. The first-order valence-corrected chi connectivity index (χ1v) is 9.14. The van der Waals surface area contributed by atoms with Gasteiger partial charge in [0.25, 0.3) is 5.56 Å². The van der Waals surface area contributed by atoms with Crippen molar-refractivity contribution in [2.45, 2.75) is 18.8 Å². The number of hydrogen-bond acceptors (Lipinski definition) is 4. The SMILES string of the molecule is O=C(O)N1CCC(c2cc(=O)[nH]c3c4c(-n5cccn5)cccc4nn23)CC1. The average Bonchev–Trinajstić information content (AvgIpc) is 3.35. The molecule has 1 amide bonds. The van der Waals surface area contributed by atoms with Gasteiger partial charge >= 0.3 is 6.09 Å². The van der Waals surface area contributed by atoms with Crippen molar-refractivity contribution in [2.75, 3.05) is 13.1 Å². The van der Waals surface area contributed by atoms with Gasteiger partial charge in [-0.1, -0.05) is 6.07 Å². The van der Waals surface area contributed by atoms with E-state index in [4.69, 9.17) is 5.10 Å². The minimum atomic E-state index is -0.900. The second-order valence-electron chi connectivity index (χ2n) is 6.98. The lowest BCUT2D eigenvalue weighted by Crippen LogP contribution is -2.37. The Balaban J connectivity index is 1.68. The molecule has 4 heterocycles. The van der Waals surface area contributed by atoms with E-state index in [9.17, 15) is 14.7 Å². The van der Waals surface area contributed by atoms with E-state index >= 15 is 0 Å². The van der Waals surface area contributed by atoms with Crippen LogP contribution in [0.15, 0.2) is 47.5 Å². The molecular weight excluding hydrogens is 360 g/mol. The molecule has 1 fully saturated rings. The van der Waals surface area contributed by atoms with Crippen molar-refractivity contribution >= 4 is 22.6 Å². The van der Waals surface area contributed by atoms with Crippen LogP contribution in [0.4, 0.5) is 4.79 Å². The largest absolute Gasteiger partial charge is 0.465 e. The quantitative estimate of drug-likeness (QED) is 0.556. The number of hydrogen-bond donors (Lipinski definition) is 2. The van der Waals surface area contributed by atoms with Crippen LogP contribution in [0.1, 0.15) is 24.5 Å². The number of fused-ring (bicyclic) bond motifs is 3. The van der Waals surface area contributed by atoms with Crippen LogP contribution in [-0.4, -0.2) is 53.6 Å². The summed E-state index contributed by atoms with van der Waals surface area (Å²) in [5, 5.41) is 19.0. The number of carboxylic acid groups (broad SMARTS) is 1. The van der Waals surface area contributed by atoms with E-state index in [1.165, 1.54) is 4.90 Å². The van der Waals surface area contributed by atoms with Crippen molar-refractivity contribution < 1.29 is 9.90 Å². The molecule has 0 bridgehead atoms. The van der Waals surface area contributed by atoms with Crippen molar-refractivity contribution in [1.29, 1.82) is 0 Å².